The number of benzene rings is 2. The summed E-state index contributed by atoms with van der Waals surface area (Å²) in [6.45, 7) is 7.12. The Labute approximate surface area is 200 Å². The van der Waals surface area contributed by atoms with Crippen LogP contribution in [0.2, 0.25) is 0 Å². The molecule has 180 valence electrons. The number of anilines is 1. The highest BCUT2D eigenvalue weighted by Crippen LogP contribution is 2.24. The van der Waals surface area contributed by atoms with E-state index in [1.807, 2.05) is 17.0 Å². The molecule has 1 N–H and O–H groups in total. The van der Waals surface area contributed by atoms with Gasteiger partial charge in [0.2, 0.25) is 0 Å². The van der Waals surface area contributed by atoms with Crippen molar-refractivity contribution in [2.75, 3.05) is 57.3 Å². The molecule has 5 rings (SSSR count). The fourth-order valence-electron chi connectivity index (χ4n) is 5.02. The molecule has 0 spiro atoms. The van der Waals surface area contributed by atoms with Gasteiger partial charge in [-0.3, -0.25) is 4.79 Å². The molecule has 7 heteroatoms. The van der Waals surface area contributed by atoms with E-state index in [9.17, 15) is 9.18 Å². The summed E-state index contributed by atoms with van der Waals surface area (Å²) in [6, 6.07) is 12.8. The fourth-order valence-corrected chi connectivity index (χ4v) is 5.02. The first-order valence-electron chi connectivity index (χ1n) is 12.4. The van der Waals surface area contributed by atoms with Gasteiger partial charge >= 0.3 is 0 Å². The van der Waals surface area contributed by atoms with E-state index in [0.717, 1.165) is 49.6 Å². The molecule has 0 unspecified atom stereocenters. The first-order valence-corrected chi connectivity index (χ1v) is 12.4. The van der Waals surface area contributed by atoms with Crippen LogP contribution in [0.4, 0.5) is 10.1 Å². The minimum atomic E-state index is -0.333. The predicted molar refractivity (Wildman–Crippen MR) is 133 cm³/mol. The third-order valence-corrected chi connectivity index (χ3v) is 6.98. The molecule has 34 heavy (non-hydrogen) atoms. The lowest BCUT2D eigenvalue weighted by molar-refractivity contribution is 0.0749. The summed E-state index contributed by atoms with van der Waals surface area (Å²) < 4.78 is 19.6. The van der Waals surface area contributed by atoms with Gasteiger partial charge in [0.15, 0.2) is 0 Å². The van der Waals surface area contributed by atoms with Gasteiger partial charge in [-0.1, -0.05) is 6.42 Å². The number of ether oxygens (including phenoxy) is 1. The maximum absolute atomic E-state index is 13.7. The number of H-pyrrole nitrogens is 1. The number of hydrogen-bond acceptors (Lipinski definition) is 4. The van der Waals surface area contributed by atoms with Crippen molar-refractivity contribution < 1.29 is 13.9 Å². The van der Waals surface area contributed by atoms with Gasteiger partial charge in [0, 0.05) is 55.5 Å². The van der Waals surface area contributed by atoms with Gasteiger partial charge in [-0.15, -0.1) is 0 Å². The molecule has 2 aromatic carbocycles. The van der Waals surface area contributed by atoms with E-state index < -0.39 is 0 Å². The van der Waals surface area contributed by atoms with E-state index in [-0.39, 0.29) is 11.7 Å². The first-order chi connectivity index (χ1) is 16.7. The predicted octanol–water partition coefficient (Wildman–Crippen LogP) is 4.52. The van der Waals surface area contributed by atoms with Crippen molar-refractivity contribution in [1.29, 1.82) is 0 Å². The number of hydrogen-bond donors (Lipinski definition) is 1. The standard InChI is InChI=1S/C27H33FN4O2/c28-21-5-10-26-24(19-21)25(20-29-26)27(33)32-16-14-31(15-17-32)22-6-8-23(9-7-22)34-18-4-13-30-11-2-1-3-12-30/h5-10,19-20,29H,1-4,11-18H2. The van der Waals surface area contributed by atoms with Crippen LogP contribution in [0.25, 0.3) is 10.9 Å². The van der Waals surface area contributed by atoms with Gasteiger partial charge < -0.3 is 24.4 Å². The van der Waals surface area contributed by atoms with Gasteiger partial charge in [-0.05, 0) is 74.8 Å². The number of amides is 1. The minimum Gasteiger partial charge on any atom is -0.494 e. The molecule has 2 fully saturated rings. The highest BCUT2D eigenvalue weighted by Gasteiger charge is 2.24. The second kappa shape index (κ2) is 10.5. The summed E-state index contributed by atoms with van der Waals surface area (Å²) in [6.07, 6.45) is 6.77. The van der Waals surface area contributed by atoms with Crippen LogP contribution in [-0.2, 0) is 0 Å². The Morgan fingerprint density at radius 2 is 1.71 bits per heavy atom. The van der Waals surface area contributed by atoms with E-state index in [4.69, 9.17) is 4.74 Å². The SMILES string of the molecule is O=C(c1c[nH]c2ccc(F)cc12)N1CCN(c2ccc(OCCCN3CCCCC3)cc2)CC1. The molecule has 0 bridgehead atoms. The van der Waals surface area contributed by atoms with Crippen molar-refractivity contribution in [2.45, 2.75) is 25.7 Å². The Balaban J connectivity index is 1.10. The van der Waals surface area contributed by atoms with Gasteiger partial charge in [0.25, 0.3) is 5.91 Å². The van der Waals surface area contributed by atoms with Crippen LogP contribution >= 0.6 is 0 Å². The van der Waals surface area contributed by atoms with Crippen molar-refractivity contribution in [1.82, 2.24) is 14.8 Å². The molecule has 0 saturated carbocycles. The molecular formula is C27H33FN4O2. The van der Waals surface area contributed by atoms with Crippen LogP contribution in [0.5, 0.6) is 5.75 Å². The van der Waals surface area contributed by atoms with Gasteiger partial charge in [0.05, 0.1) is 12.2 Å². The van der Waals surface area contributed by atoms with E-state index in [1.54, 1.807) is 12.3 Å². The number of nitrogens with zero attached hydrogens (tertiary/aromatic N) is 3. The number of likely N-dealkylation sites (tertiary alicyclic amines) is 1. The smallest absolute Gasteiger partial charge is 0.256 e. The Bertz CT molecular complexity index is 1100. The fraction of sp³-hybridized carbons (Fsp3) is 0.444. The summed E-state index contributed by atoms with van der Waals surface area (Å²) in [5, 5.41) is 0.638. The van der Waals surface area contributed by atoms with Crippen LogP contribution in [-0.4, -0.2) is 73.1 Å². The van der Waals surface area contributed by atoms with Gasteiger partial charge in [0.1, 0.15) is 11.6 Å². The van der Waals surface area contributed by atoms with Crippen LogP contribution in [0.1, 0.15) is 36.0 Å². The number of rotatable bonds is 7. The Morgan fingerprint density at radius 3 is 2.47 bits per heavy atom. The monoisotopic (exact) mass is 464 g/mol. The third-order valence-electron chi connectivity index (χ3n) is 6.98. The average molecular weight is 465 g/mol. The van der Waals surface area contributed by atoms with Crippen LogP contribution in [0.15, 0.2) is 48.7 Å². The topological polar surface area (TPSA) is 51.8 Å². The molecule has 0 atom stereocenters. The zero-order chi connectivity index (χ0) is 23.3. The summed E-state index contributed by atoms with van der Waals surface area (Å²) in [5.74, 6) is 0.521. The maximum atomic E-state index is 13.7. The zero-order valence-electron chi connectivity index (χ0n) is 19.6. The summed E-state index contributed by atoms with van der Waals surface area (Å²) in [7, 11) is 0. The summed E-state index contributed by atoms with van der Waals surface area (Å²) >= 11 is 0. The Morgan fingerprint density at radius 1 is 0.941 bits per heavy atom. The molecule has 3 heterocycles. The third kappa shape index (κ3) is 5.20. The summed E-state index contributed by atoms with van der Waals surface area (Å²) in [5.41, 5.74) is 2.45. The van der Waals surface area contributed by atoms with Crippen LogP contribution < -0.4 is 9.64 Å². The van der Waals surface area contributed by atoms with Gasteiger partial charge in [-0.2, -0.15) is 0 Å². The lowest BCUT2D eigenvalue weighted by Crippen LogP contribution is -2.48. The zero-order valence-corrected chi connectivity index (χ0v) is 19.6. The number of carbonyl (C=O) groups is 1. The molecule has 2 saturated heterocycles. The Hall–Kier alpha value is -3.06. The van der Waals surface area contributed by atoms with Crippen molar-refractivity contribution in [3.63, 3.8) is 0 Å². The molecule has 1 aromatic heterocycles. The van der Waals surface area contributed by atoms with Crippen molar-refractivity contribution in [3.05, 3.63) is 60.0 Å². The number of halogens is 1. The highest BCUT2D eigenvalue weighted by atomic mass is 19.1. The largest absolute Gasteiger partial charge is 0.494 e. The summed E-state index contributed by atoms with van der Waals surface area (Å²) in [4.78, 5) is 22.8. The maximum Gasteiger partial charge on any atom is 0.256 e. The molecule has 0 aliphatic carbocycles. The number of aromatic nitrogens is 1. The molecule has 1 amide bonds. The second-order valence-corrected chi connectivity index (χ2v) is 9.27. The minimum absolute atomic E-state index is 0.0511. The first kappa shape index (κ1) is 22.7. The molecule has 3 aromatic rings. The molecular weight excluding hydrogens is 431 g/mol. The Kier molecular flexibility index (Phi) is 7.00. The lowest BCUT2D eigenvalue weighted by atomic mass is 10.1. The highest BCUT2D eigenvalue weighted by molar-refractivity contribution is 6.06. The number of nitrogens with one attached hydrogen (secondary N) is 1. The van der Waals surface area contributed by atoms with Crippen molar-refractivity contribution >= 4 is 22.5 Å². The van der Waals surface area contributed by atoms with E-state index in [1.165, 1.54) is 44.5 Å². The van der Waals surface area contributed by atoms with Crippen LogP contribution in [0.3, 0.4) is 0 Å². The average Bonchev–Trinajstić information content (AvgIpc) is 3.30. The quantitative estimate of drug-likeness (QED) is 0.522. The number of piperidine rings is 1. The van der Waals surface area contributed by atoms with Gasteiger partial charge in [-0.25, -0.2) is 4.39 Å². The molecule has 2 aliphatic rings. The number of aromatic amines is 1. The lowest BCUT2D eigenvalue weighted by Gasteiger charge is -2.36. The normalized spacial score (nSPS) is 17.3. The van der Waals surface area contributed by atoms with E-state index >= 15 is 0 Å². The van der Waals surface area contributed by atoms with Crippen LogP contribution in [0, 0.1) is 5.82 Å². The molecule has 0 radical (unpaired) electrons. The van der Waals surface area contributed by atoms with Crippen molar-refractivity contribution in [3.8, 4) is 5.75 Å². The van der Waals surface area contributed by atoms with Crippen molar-refractivity contribution in [2.24, 2.45) is 0 Å². The number of fused-ring (bicyclic) bond motifs is 1. The van der Waals surface area contributed by atoms with E-state index in [0.29, 0.717) is 24.0 Å². The number of carbonyl (C=O) groups excluding carboxylic acids is 1. The number of piperazine rings is 1. The second-order valence-electron chi connectivity index (χ2n) is 9.27. The van der Waals surface area contributed by atoms with E-state index in [2.05, 4.69) is 26.9 Å². The molecule has 6 nitrogen and oxygen atoms in total. The molecule has 2 aliphatic heterocycles.